The fourth-order valence-corrected chi connectivity index (χ4v) is 5.70. The molecule has 0 aliphatic carbocycles. The van der Waals surface area contributed by atoms with Crippen molar-refractivity contribution in [2.24, 2.45) is 0 Å². The summed E-state index contributed by atoms with van der Waals surface area (Å²) in [4.78, 5) is 0.724. The Bertz CT molecular complexity index is 1790. The van der Waals surface area contributed by atoms with Gasteiger partial charge in [-0.2, -0.15) is 10.5 Å². The molecule has 0 bridgehead atoms. The molecule has 0 aliphatic rings. The first-order valence-corrected chi connectivity index (χ1v) is 13.7. The number of ether oxygens (including phenoxy) is 1. The fourth-order valence-electron chi connectivity index (χ4n) is 4.71. The van der Waals surface area contributed by atoms with Gasteiger partial charge in [-0.1, -0.05) is 48.4 Å². The zero-order chi connectivity index (χ0) is 27.9. The molecule has 40 heavy (non-hydrogen) atoms. The van der Waals surface area contributed by atoms with Crippen molar-refractivity contribution in [3.8, 4) is 40.9 Å². The van der Waals surface area contributed by atoms with Crippen LogP contribution < -0.4 is 4.74 Å². The third-order valence-electron chi connectivity index (χ3n) is 6.70. The Hall–Kier alpha value is -4.97. The summed E-state index contributed by atoms with van der Waals surface area (Å²) < 4.78 is 8.90. The molecular weight excluding hydrogens is 516 g/mol. The highest BCUT2D eigenvalue weighted by molar-refractivity contribution is 7.20. The van der Waals surface area contributed by atoms with Gasteiger partial charge in [0.1, 0.15) is 23.3 Å². The lowest BCUT2D eigenvalue weighted by Crippen LogP contribution is -2.10. The highest BCUT2D eigenvalue weighted by atomic mass is 32.1. The van der Waals surface area contributed by atoms with Crippen molar-refractivity contribution in [3.05, 3.63) is 94.1 Å². The summed E-state index contributed by atoms with van der Waals surface area (Å²) in [7, 11) is 0. The minimum absolute atomic E-state index is 0.0823. The quantitative estimate of drug-likeness (QED) is 0.195. The molecule has 2 aromatic heterocycles. The average molecular weight is 543 g/mol. The number of aromatic nitrogens is 4. The van der Waals surface area contributed by atoms with E-state index in [0.717, 1.165) is 48.5 Å². The lowest BCUT2D eigenvalue weighted by atomic mass is 9.95. The summed E-state index contributed by atoms with van der Waals surface area (Å²) in [5.74, 6) is 7.65. The summed E-state index contributed by atoms with van der Waals surface area (Å²) in [6.45, 7) is 4.76. The van der Waals surface area contributed by atoms with Crippen molar-refractivity contribution in [2.45, 2.75) is 45.8 Å². The van der Waals surface area contributed by atoms with Crippen molar-refractivity contribution in [1.29, 1.82) is 10.5 Å². The van der Waals surface area contributed by atoms with E-state index in [1.807, 2.05) is 43.3 Å². The fraction of sp³-hybridized carbons (Fsp3) is 0.219. The van der Waals surface area contributed by atoms with E-state index in [-0.39, 0.29) is 5.92 Å². The summed E-state index contributed by atoms with van der Waals surface area (Å²) in [6.07, 6.45) is 0.897. The van der Waals surface area contributed by atoms with Crippen LogP contribution in [0.25, 0.3) is 21.2 Å². The van der Waals surface area contributed by atoms with Gasteiger partial charge in [0.05, 0.1) is 25.0 Å². The minimum atomic E-state index is -0.0823. The Labute approximate surface area is 237 Å². The zero-order valence-electron chi connectivity index (χ0n) is 22.3. The molecule has 196 valence electrons. The molecule has 0 unspecified atom stereocenters. The van der Waals surface area contributed by atoms with Gasteiger partial charge in [-0.25, -0.2) is 4.68 Å². The molecule has 2 heterocycles. The van der Waals surface area contributed by atoms with Gasteiger partial charge in [0, 0.05) is 22.1 Å². The molecule has 0 spiro atoms. The number of rotatable bonds is 9. The number of hydrogen-bond acceptors (Lipinski definition) is 7. The molecule has 5 rings (SSSR count). The van der Waals surface area contributed by atoms with Gasteiger partial charge >= 0.3 is 0 Å². The SMILES string of the molecule is CC#C[C@@H](Cc1nnnn1CCC#N)c1ccc(OCc2ccc3sc(C#N)c(-c4ccccc4C)c3c2)cc1. The van der Waals surface area contributed by atoms with Crippen LogP contribution in [0.4, 0.5) is 0 Å². The van der Waals surface area contributed by atoms with Crippen LogP contribution in [0.2, 0.25) is 0 Å². The van der Waals surface area contributed by atoms with Crippen LogP contribution in [-0.2, 0) is 19.6 Å². The summed E-state index contributed by atoms with van der Waals surface area (Å²) in [5.41, 5.74) is 5.30. The van der Waals surface area contributed by atoms with E-state index in [1.54, 1.807) is 4.68 Å². The second-order valence-corrected chi connectivity index (χ2v) is 10.4. The average Bonchev–Trinajstić information content (AvgIpc) is 3.58. The number of benzene rings is 3. The van der Waals surface area contributed by atoms with Crippen molar-refractivity contribution in [2.75, 3.05) is 0 Å². The predicted molar refractivity (Wildman–Crippen MR) is 155 cm³/mol. The van der Waals surface area contributed by atoms with Gasteiger partial charge in [0.15, 0.2) is 5.82 Å². The summed E-state index contributed by atoms with van der Waals surface area (Å²) >= 11 is 1.52. The van der Waals surface area contributed by atoms with Crippen LogP contribution in [0.15, 0.2) is 66.7 Å². The van der Waals surface area contributed by atoms with Gasteiger partial charge in [-0.05, 0) is 70.8 Å². The highest BCUT2D eigenvalue weighted by Gasteiger charge is 2.17. The van der Waals surface area contributed by atoms with E-state index in [0.29, 0.717) is 31.8 Å². The van der Waals surface area contributed by atoms with E-state index in [4.69, 9.17) is 10.00 Å². The van der Waals surface area contributed by atoms with Crippen LogP contribution in [0.1, 0.15) is 46.7 Å². The maximum absolute atomic E-state index is 9.81. The first-order chi connectivity index (χ1) is 19.6. The van der Waals surface area contributed by atoms with Gasteiger partial charge < -0.3 is 4.74 Å². The number of aryl methyl sites for hydroxylation is 2. The molecule has 7 nitrogen and oxygen atoms in total. The Morgan fingerprint density at radius 3 is 2.62 bits per heavy atom. The molecule has 0 N–H and O–H groups in total. The number of hydrogen-bond donors (Lipinski definition) is 0. The largest absolute Gasteiger partial charge is 0.489 e. The molecule has 0 amide bonds. The number of nitriles is 2. The van der Waals surface area contributed by atoms with Crippen LogP contribution >= 0.6 is 11.3 Å². The smallest absolute Gasteiger partial charge is 0.152 e. The highest BCUT2D eigenvalue weighted by Crippen LogP contribution is 2.40. The van der Waals surface area contributed by atoms with E-state index >= 15 is 0 Å². The first-order valence-electron chi connectivity index (χ1n) is 12.9. The Morgan fingerprint density at radius 2 is 1.88 bits per heavy atom. The normalized spacial score (nSPS) is 11.3. The third kappa shape index (κ3) is 5.71. The predicted octanol–water partition coefficient (Wildman–Crippen LogP) is 6.58. The Kier molecular flexibility index (Phi) is 8.16. The maximum Gasteiger partial charge on any atom is 0.152 e. The van der Waals surface area contributed by atoms with Gasteiger partial charge in [0.25, 0.3) is 0 Å². The molecular formula is C32H26N6OS. The third-order valence-corrected chi connectivity index (χ3v) is 7.78. The molecule has 1 atom stereocenters. The minimum Gasteiger partial charge on any atom is -0.489 e. The Balaban J connectivity index is 1.32. The van der Waals surface area contributed by atoms with Gasteiger partial charge in [0.2, 0.25) is 0 Å². The topological polar surface area (TPSA) is 100 Å². The molecule has 0 saturated carbocycles. The van der Waals surface area contributed by atoms with E-state index in [1.165, 1.54) is 11.3 Å². The second-order valence-electron chi connectivity index (χ2n) is 9.30. The maximum atomic E-state index is 9.81. The molecule has 0 aliphatic heterocycles. The standard InChI is InChI=1S/C32H26N6OS/c1-3-7-25(19-31-35-36-37-38(31)17-6-16-33)24-11-13-26(14-12-24)39-21-23-10-15-29-28(18-23)32(30(20-34)40-29)27-9-5-4-8-22(27)2/h4-5,8-15,18,25H,6,17,19,21H2,1-2H3/t25-/m0/s1. The number of thiophene rings is 1. The number of fused-ring (bicyclic) bond motifs is 1. The molecule has 5 aromatic rings. The van der Waals surface area contributed by atoms with Crippen molar-refractivity contribution < 1.29 is 4.74 Å². The number of tetrazole rings is 1. The molecule has 3 aromatic carbocycles. The van der Waals surface area contributed by atoms with Crippen LogP contribution in [0.5, 0.6) is 5.75 Å². The monoisotopic (exact) mass is 542 g/mol. The number of nitrogens with zero attached hydrogens (tertiary/aromatic N) is 6. The molecule has 8 heteroatoms. The summed E-state index contributed by atoms with van der Waals surface area (Å²) in [5, 5.41) is 31.7. The Morgan fingerprint density at radius 1 is 1.05 bits per heavy atom. The van der Waals surface area contributed by atoms with E-state index < -0.39 is 0 Å². The zero-order valence-corrected chi connectivity index (χ0v) is 23.1. The van der Waals surface area contributed by atoms with Crippen LogP contribution in [0.3, 0.4) is 0 Å². The van der Waals surface area contributed by atoms with Crippen LogP contribution in [0, 0.1) is 41.4 Å². The van der Waals surface area contributed by atoms with Crippen molar-refractivity contribution >= 4 is 21.4 Å². The van der Waals surface area contributed by atoms with E-state index in [9.17, 15) is 5.26 Å². The lowest BCUT2D eigenvalue weighted by molar-refractivity contribution is 0.306. The molecule has 0 fully saturated rings. The molecule has 0 saturated heterocycles. The van der Waals surface area contributed by atoms with Crippen LogP contribution in [-0.4, -0.2) is 20.2 Å². The van der Waals surface area contributed by atoms with E-state index in [2.05, 4.69) is 76.8 Å². The first kappa shape index (κ1) is 26.6. The molecule has 0 radical (unpaired) electrons. The van der Waals surface area contributed by atoms with Gasteiger partial charge in [-0.15, -0.1) is 22.4 Å². The van der Waals surface area contributed by atoms with Crippen molar-refractivity contribution in [3.63, 3.8) is 0 Å². The van der Waals surface area contributed by atoms with Crippen molar-refractivity contribution in [1.82, 2.24) is 20.2 Å². The lowest BCUT2D eigenvalue weighted by Gasteiger charge is -2.13. The van der Waals surface area contributed by atoms with Gasteiger partial charge in [-0.3, -0.25) is 0 Å². The summed E-state index contributed by atoms with van der Waals surface area (Å²) in [6, 6.07) is 26.9. The second kappa shape index (κ2) is 12.3.